The summed E-state index contributed by atoms with van der Waals surface area (Å²) in [5.41, 5.74) is -3.29. The van der Waals surface area contributed by atoms with Gasteiger partial charge in [-0.3, -0.25) is 9.97 Å². The SMILES string of the molecule is FC(F)c1cncc(-c2nc(Nc3ccnc(C(F)(F)F)c3)nc(-c3nccc(C(F)(F)F)n3)n2)c1. The molecule has 0 bridgehead atoms. The largest absolute Gasteiger partial charge is 0.433 e. The summed E-state index contributed by atoms with van der Waals surface area (Å²) in [5, 5.41) is 2.47. The first-order valence-electron chi connectivity index (χ1n) is 9.60. The predicted octanol–water partition coefficient (Wildman–Crippen LogP) is 5.50. The fraction of sp³-hybridized carbons (Fsp3) is 0.150. The van der Waals surface area contributed by atoms with Crippen LogP contribution in [0.25, 0.3) is 23.0 Å². The monoisotopic (exact) mass is 514 g/mol. The molecule has 186 valence electrons. The van der Waals surface area contributed by atoms with Crippen LogP contribution in [0.2, 0.25) is 0 Å². The molecule has 0 unspecified atom stereocenters. The molecule has 0 aliphatic rings. The normalized spacial score (nSPS) is 12.1. The van der Waals surface area contributed by atoms with Crippen molar-refractivity contribution in [3.63, 3.8) is 0 Å². The number of pyridine rings is 2. The molecule has 0 saturated heterocycles. The Balaban J connectivity index is 1.83. The van der Waals surface area contributed by atoms with Crippen molar-refractivity contribution in [3.05, 3.63) is 66.0 Å². The van der Waals surface area contributed by atoms with Gasteiger partial charge in [0.2, 0.25) is 11.8 Å². The van der Waals surface area contributed by atoms with Crippen LogP contribution in [0.5, 0.6) is 0 Å². The summed E-state index contributed by atoms with van der Waals surface area (Å²) >= 11 is 0. The Morgan fingerprint density at radius 1 is 0.694 bits per heavy atom. The third kappa shape index (κ3) is 5.64. The van der Waals surface area contributed by atoms with E-state index in [1.54, 1.807) is 0 Å². The van der Waals surface area contributed by atoms with E-state index in [4.69, 9.17) is 0 Å². The van der Waals surface area contributed by atoms with Crippen LogP contribution in [0, 0.1) is 0 Å². The second-order valence-corrected chi connectivity index (χ2v) is 6.93. The summed E-state index contributed by atoms with van der Waals surface area (Å²) in [7, 11) is 0. The molecule has 8 nitrogen and oxygen atoms in total. The Bertz CT molecular complexity index is 1390. The Morgan fingerprint density at radius 2 is 1.39 bits per heavy atom. The maximum Gasteiger partial charge on any atom is 0.433 e. The zero-order valence-electron chi connectivity index (χ0n) is 17.4. The second-order valence-electron chi connectivity index (χ2n) is 6.93. The topological polar surface area (TPSA) is 102 Å². The molecule has 36 heavy (non-hydrogen) atoms. The number of hydrogen-bond donors (Lipinski definition) is 1. The minimum absolute atomic E-state index is 0.0721. The highest BCUT2D eigenvalue weighted by atomic mass is 19.4. The van der Waals surface area contributed by atoms with Gasteiger partial charge in [0, 0.05) is 41.6 Å². The Hall–Kier alpha value is -4.37. The van der Waals surface area contributed by atoms with Crippen LogP contribution in [-0.2, 0) is 12.4 Å². The highest BCUT2D eigenvalue weighted by molar-refractivity contribution is 5.62. The van der Waals surface area contributed by atoms with Gasteiger partial charge in [-0.15, -0.1) is 0 Å². The van der Waals surface area contributed by atoms with Crippen LogP contribution in [0.1, 0.15) is 23.4 Å². The second kappa shape index (κ2) is 9.35. The van der Waals surface area contributed by atoms with Gasteiger partial charge in [0.05, 0.1) is 0 Å². The van der Waals surface area contributed by atoms with E-state index < -0.39 is 53.3 Å². The summed E-state index contributed by atoms with van der Waals surface area (Å²) in [6.45, 7) is 0. The van der Waals surface area contributed by atoms with Gasteiger partial charge in [-0.1, -0.05) is 0 Å². The van der Waals surface area contributed by atoms with Crippen molar-refractivity contribution in [2.24, 2.45) is 0 Å². The summed E-state index contributed by atoms with van der Waals surface area (Å²) in [6, 6.07) is 3.39. The van der Waals surface area contributed by atoms with Crippen molar-refractivity contribution >= 4 is 11.6 Å². The first-order valence-corrected chi connectivity index (χ1v) is 9.60. The predicted molar refractivity (Wildman–Crippen MR) is 107 cm³/mol. The first-order chi connectivity index (χ1) is 16.9. The molecule has 0 aliphatic carbocycles. The third-order valence-electron chi connectivity index (χ3n) is 4.36. The molecule has 4 aromatic heterocycles. The van der Waals surface area contributed by atoms with Crippen molar-refractivity contribution in [2.75, 3.05) is 5.32 Å². The number of aromatic nitrogens is 7. The van der Waals surface area contributed by atoms with Gasteiger partial charge in [0.25, 0.3) is 6.43 Å². The Labute approximate surface area is 195 Å². The van der Waals surface area contributed by atoms with E-state index >= 15 is 0 Å². The van der Waals surface area contributed by atoms with Gasteiger partial charge < -0.3 is 5.32 Å². The molecule has 0 aliphatic heterocycles. The van der Waals surface area contributed by atoms with Crippen molar-refractivity contribution in [2.45, 2.75) is 18.8 Å². The van der Waals surface area contributed by atoms with Crippen molar-refractivity contribution in [1.29, 1.82) is 0 Å². The van der Waals surface area contributed by atoms with Gasteiger partial charge >= 0.3 is 12.4 Å². The maximum absolute atomic E-state index is 13.1. The fourth-order valence-corrected chi connectivity index (χ4v) is 2.78. The molecule has 0 atom stereocenters. The van der Waals surface area contributed by atoms with Crippen LogP contribution in [0.15, 0.2) is 49.1 Å². The van der Waals surface area contributed by atoms with Gasteiger partial charge in [0.15, 0.2) is 11.6 Å². The zero-order valence-corrected chi connectivity index (χ0v) is 17.4. The molecular weight excluding hydrogens is 504 g/mol. The molecule has 1 N–H and O–H groups in total. The maximum atomic E-state index is 13.1. The van der Waals surface area contributed by atoms with E-state index in [-0.39, 0.29) is 17.1 Å². The lowest BCUT2D eigenvalue weighted by Gasteiger charge is -2.11. The van der Waals surface area contributed by atoms with E-state index in [2.05, 4.69) is 40.2 Å². The average molecular weight is 514 g/mol. The van der Waals surface area contributed by atoms with Gasteiger partial charge in [0.1, 0.15) is 11.4 Å². The molecule has 0 amide bonds. The standard InChI is InChI=1S/C20H10F8N8/c21-14(22)9-5-10(8-29-7-9)15-34-17(16-31-4-2-12(33-16)19(23,24)25)36-18(35-15)32-11-1-3-30-13(6-11)20(26,27)28/h1-8,14H,(H,30,32,34,35,36). The number of nitrogens with one attached hydrogen (secondary N) is 1. The van der Waals surface area contributed by atoms with Crippen molar-refractivity contribution < 1.29 is 35.1 Å². The number of rotatable bonds is 5. The lowest BCUT2D eigenvalue weighted by Crippen LogP contribution is -2.11. The molecule has 0 spiro atoms. The summed E-state index contributed by atoms with van der Waals surface area (Å²) in [5.74, 6) is -1.87. The number of hydrogen-bond acceptors (Lipinski definition) is 8. The van der Waals surface area contributed by atoms with E-state index in [1.165, 1.54) is 0 Å². The van der Waals surface area contributed by atoms with Crippen molar-refractivity contribution in [3.8, 4) is 23.0 Å². The number of nitrogens with zero attached hydrogens (tertiary/aromatic N) is 7. The zero-order chi connectivity index (χ0) is 26.1. The number of alkyl halides is 8. The van der Waals surface area contributed by atoms with Crippen LogP contribution < -0.4 is 5.32 Å². The highest BCUT2D eigenvalue weighted by Crippen LogP contribution is 2.31. The van der Waals surface area contributed by atoms with Crippen LogP contribution in [0.3, 0.4) is 0 Å². The van der Waals surface area contributed by atoms with Gasteiger partial charge in [-0.2, -0.15) is 36.3 Å². The van der Waals surface area contributed by atoms with Crippen LogP contribution in [-0.4, -0.2) is 34.9 Å². The fourth-order valence-electron chi connectivity index (χ4n) is 2.78. The van der Waals surface area contributed by atoms with Crippen LogP contribution in [0.4, 0.5) is 46.8 Å². The van der Waals surface area contributed by atoms with E-state index in [1.807, 2.05) is 0 Å². The molecule has 16 heteroatoms. The molecule has 0 saturated carbocycles. The molecule has 4 aromatic rings. The summed E-state index contributed by atoms with van der Waals surface area (Å²) in [4.78, 5) is 25.8. The minimum Gasteiger partial charge on any atom is -0.324 e. The third-order valence-corrected chi connectivity index (χ3v) is 4.36. The molecule has 0 aromatic carbocycles. The summed E-state index contributed by atoms with van der Waals surface area (Å²) < 4.78 is 105. The van der Waals surface area contributed by atoms with Gasteiger partial charge in [-0.05, 0) is 24.3 Å². The Morgan fingerprint density at radius 3 is 2.08 bits per heavy atom. The smallest absolute Gasteiger partial charge is 0.324 e. The lowest BCUT2D eigenvalue weighted by atomic mass is 10.2. The molecule has 0 fully saturated rings. The molecular formula is C20H10F8N8. The Kier molecular flexibility index (Phi) is 6.43. The van der Waals surface area contributed by atoms with Gasteiger partial charge in [-0.25, -0.2) is 23.7 Å². The lowest BCUT2D eigenvalue weighted by molar-refractivity contribution is -0.141. The number of halogens is 8. The molecule has 0 radical (unpaired) electrons. The van der Waals surface area contributed by atoms with E-state index in [9.17, 15) is 35.1 Å². The molecule has 4 rings (SSSR count). The highest BCUT2D eigenvalue weighted by Gasteiger charge is 2.34. The summed E-state index contributed by atoms with van der Waals surface area (Å²) in [6.07, 6.45) is -8.83. The average Bonchev–Trinajstić information content (AvgIpc) is 2.83. The number of anilines is 2. The quantitative estimate of drug-likeness (QED) is 0.348. The minimum atomic E-state index is -4.82. The van der Waals surface area contributed by atoms with E-state index in [0.717, 1.165) is 36.9 Å². The molecule has 4 heterocycles. The first kappa shape index (κ1) is 24.7. The van der Waals surface area contributed by atoms with E-state index in [0.29, 0.717) is 12.1 Å². The van der Waals surface area contributed by atoms with Crippen molar-refractivity contribution in [1.82, 2.24) is 34.9 Å². The van der Waals surface area contributed by atoms with Crippen LogP contribution >= 0.6 is 0 Å².